The van der Waals surface area contributed by atoms with Crippen LogP contribution in [0, 0.1) is 0 Å². The third kappa shape index (κ3) is 5.83. The van der Waals surface area contributed by atoms with Gasteiger partial charge in [-0.3, -0.25) is 4.90 Å². The van der Waals surface area contributed by atoms with Gasteiger partial charge in [-0.15, -0.1) is 0 Å². The van der Waals surface area contributed by atoms with E-state index in [2.05, 4.69) is 15.5 Å². The first-order chi connectivity index (χ1) is 13.9. The van der Waals surface area contributed by atoms with Gasteiger partial charge in [0.05, 0.1) is 18.7 Å². The van der Waals surface area contributed by atoms with E-state index in [9.17, 15) is 13.2 Å². The van der Waals surface area contributed by atoms with E-state index in [4.69, 9.17) is 17.0 Å². The van der Waals surface area contributed by atoms with E-state index < -0.39 is 11.7 Å². The lowest BCUT2D eigenvalue weighted by atomic mass is 10.1. The van der Waals surface area contributed by atoms with Gasteiger partial charge in [-0.05, 0) is 74.0 Å². The maximum Gasteiger partial charge on any atom is 0.416 e. The minimum absolute atomic E-state index is 0.115. The lowest BCUT2D eigenvalue weighted by Crippen LogP contribution is -2.38. The third-order valence-electron chi connectivity index (χ3n) is 4.99. The minimum atomic E-state index is -4.39. The molecule has 1 saturated heterocycles. The van der Waals surface area contributed by atoms with Gasteiger partial charge in [-0.25, -0.2) is 0 Å². The number of thiocarbonyl (C=S) groups is 1. The Morgan fingerprint density at radius 3 is 2.45 bits per heavy atom. The minimum Gasteiger partial charge on any atom is -0.497 e. The third-order valence-corrected chi connectivity index (χ3v) is 5.23. The van der Waals surface area contributed by atoms with Gasteiger partial charge in [0.2, 0.25) is 0 Å². The molecule has 2 aromatic rings. The number of alkyl halides is 3. The van der Waals surface area contributed by atoms with Crippen LogP contribution in [0.25, 0.3) is 0 Å². The summed E-state index contributed by atoms with van der Waals surface area (Å²) in [4.78, 5) is 2.39. The van der Waals surface area contributed by atoms with Crippen molar-refractivity contribution in [3.63, 3.8) is 0 Å². The lowest BCUT2D eigenvalue weighted by molar-refractivity contribution is -0.137. The Kier molecular flexibility index (Phi) is 6.97. The number of halogens is 3. The van der Waals surface area contributed by atoms with Gasteiger partial charge in [0.1, 0.15) is 5.75 Å². The zero-order valence-corrected chi connectivity index (χ0v) is 16.9. The molecule has 0 bridgehead atoms. The number of ether oxygens (including phenoxy) is 1. The Hall–Kier alpha value is -2.32. The fourth-order valence-electron chi connectivity index (χ4n) is 3.48. The van der Waals surface area contributed by atoms with Gasteiger partial charge in [-0.1, -0.05) is 18.2 Å². The molecular formula is C21H24F3N3OS. The molecule has 8 heteroatoms. The summed E-state index contributed by atoms with van der Waals surface area (Å²) in [5.41, 5.74) is 0.736. The van der Waals surface area contributed by atoms with Gasteiger partial charge in [-0.2, -0.15) is 13.2 Å². The number of nitrogens with zero attached hydrogens (tertiary/aromatic N) is 1. The maximum atomic E-state index is 12.9. The molecule has 1 aliphatic heterocycles. The van der Waals surface area contributed by atoms with E-state index in [0.717, 1.165) is 49.4 Å². The molecule has 3 rings (SSSR count). The summed E-state index contributed by atoms with van der Waals surface area (Å²) in [5.74, 6) is 0.795. The monoisotopic (exact) mass is 423 g/mol. The molecule has 0 aliphatic carbocycles. The van der Waals surface area contributed by atoms with Crippen LogP contribution in [0.2, 0.25) is 0 Å². The van der Waals surface area contributed by atoms with Crippen molar-refractivity contribution in [2.24, 2.45) is 0 Å². The summed E-state index contributed by atoms with van der Waals surface area (Å²) < 4.78 is 43.9. The number of benzene rings is 2. The first-order valence-electron chi connectivity index (χ1n) is 9.47. The number of rotatable bonds is 6. The van der Waals surface area contributed by atoms with Crippen molar-refractivity contribution in [2.75, 3.05) is 32.1 Å². The summed E-state index contributed by atoms with van der Waals surface area (Å²) in [6.45, 7) is 2.56. The Labute approximate surface area is 174 Å². The van der Waals surface area contributed by atoms with Gasteiger partial charge in [0.15, 0.2) is 5.11 Å². The molecule has 0 amide bonds. The van der Waals surface area contributed by atoms with Crippen LogP contribution in [0.3, 0.4) is 0 Å². The number of methoxy groups -OCH3 is 1. The molecule has 29 heavy (non-hydrogen) atoms. The quantitative estimate of drug-likeness (QED) is 0.651. The van der Waals surface area contributed by atoms with Gasteiger partial charge >= 0.3 is 6.18 Å². The number of nitrogens with one attached hydrogen (secondary N) is 2. The van der Waals surface area contributed by atoms with Crippen LogP contribution >= 0.6 is 12.2 Å². The van der Waals surface area contributed by atoms with E-state index in [1.807, 2.05) is 24.3 Å². The highest BCUT2D eigenvalue weighted by Crippen LogP contribution is 2.31. The zero-order valence-electron chi connectivity index (χ0n) is 16.1. The van der Waals surface area contributed by atoms with E-state index in [0.29, 0.717) is 17.3 Å². The SMILES string of the molecule is COc1ccc(C(CNC(=S)Nc2cccc(C(F)(F)F)c2)N2CCCC2)cc1. The summed E-state index contributed by atoms with van der Waals surface area (Å²) >= 11 is 5.31. The average molecular weight is 424 g/mol. The Balaban J connectivity index is 1.65. The second-order valence-electron chi connectivity index (χ2n) is 6.95. The van der Waals surface area contributed by atoms with Crippen LogP contribution < -0.4 is 15.4 Å². The number of likely N-dealkylation sites (tertiary alicyclic amines) is 1. The van der Waals surface area contributed by atoms with E-state index in [1.165, 1.54) is 6.07 Å². The number of hydrogen-bond donors (Lipinski definition) is 2. The van der Waals surface area contributed by atoms with Crippen molar-refractivity contribution >= 4 is 23.0 Å². The first kappa shape index (κ1) is 21.4. The second kappa shape index (κ2) is 9.45. The number of anilines is 1. The van der Waals surface area contributed by atoms with Crippen LogP contribution in [0.1, 0.15) is 30.0 Å². The summed E-state index contributed by atoms with van der Waals surface area (Å²) in [6.07, 6.45) is -2.08. The van der Waals surface area contributed by atoms with Gasteiger partial charge < -0.3 is 15.4 Å². The normalized spacial score (nSPS) is 15.7. The summed E-state index contributed by atoms with van der Waals surface area (Å²) in [7, 11) is 1.63. The van der Waals surface area contributed by atoms with Crippen molar-refractivity contribution in [3.05, 3.63) is 59.7 Å². The molecule has 1 heterocycles. The predicted molar refractivity (Wildman–Crippen MR) is 112 cm³/mol. The zero-order chi connectivity index (χ0) is 20.9. The molecule has 2 aromatic carbocycles. The highest BCUT2D eigenvalue weighted by molar-refractivity contribution is 7.80. The molecule has 1 aliphatic rings. The van der Waals surface area contributed by atoms with Crippen molar-refractivity contribution in [2.45, 2.75) is 25.1 Å². The van der Waals surface area contributed by atoms with E-state index in [1.54, 1.807) is 13.2 Å². The van der Waals surface area contributed by atoms with Crippen LogP contribution in [-0.4, -0.2) is 36.8 Å². The summed E-state index contributed by atoms with van der Waals surface area (Å²) in [5, 5.41) is 6.30. The molecular weight excluding hydrogens is 399 g/mol. The average Bonchev–Trinajstić information content (AvgIpc) is 3.23. The van der Waals surface area contributed by atoms with Crippen LogP contribution in [0.5, 0.6) is 5.75 Å². The fourth-order valence-corrected chi connectivity index (χ4v) is 3.68. The molecule has 1 unspecified atom stereocenters. The Morgan fingerprint density at radius 1 is 1.14 bits per heavy atom. The standard InChI is InChI=1S/C21H24F3N3OS/c1-28-18-9-7-15(8-10-18)19(27-11-2-3-12-27)14-25-20(29)26-17-6-4-5-16(13-17)21(22,23)24/h4-10,13,19H,2-3,11-12,14H2,1H3,(H2,25,26,29). The van der Waals surface area contributed by atoms with Gasteiger partial charge in [0, 0.05) is 12.2 Å². The molecule has 2 N–H and O–H groups in total. The van der Waals surface area contributed by atoms with E-state index >= 15 is 0 Å². The summed E-state index contributed by atoms with van der Waals surface area (Å²) in [6, 6.07) is 13.0. The molecule has 0 radical (unpaired) electrons. The van der Waals surface area contributed by atoms with E-state index in [-0.39, 0.29) is 6.04 Å². The van der Waals surface area contributed by atoms with Gasteiger partial charge in [0.25, 0.3) is 0 Å². The largest absolute Gasteiger partial charge is 0.497 e. The topological polar surface area (TPSA) is 36.5 Å². The van der Waals surface area contributed by atoms with Crippen molar-refractivity contribution in [3.8, 4) is 5.75 Å². The van der Waals surface area contributed by atoms with Crippen LogP contribution in [0.4, 0.5) is 18.9 Å². The van der Waals surface area contributed by atoms with Crippen molar-refractivity contribution < 1.29 is 17.9 Å². The molecule has 0 aromatic heterocycles. The fraction of sp³-hybridized carbons (Fsp3) is 0.381. The van der Waals surface area contributed by atoms with Crippen LogP contribution in [0.15, 0.2) is 48.5 Å². The number of hydrogen-bond acceptors (Lipinski definition) is 3. The smallest absolute Gasteiger partial charge is 0.416 e. The first-order valence-corrected chi connectivity index (χ1v) is 9.88. The molecule has 156 valence electrons. The molecule has 0 spiro atoms. The van der Waals surface area contributed by atoms with Crippen LogP contribution in [-0.2, 0) is 6.18 Å². The predicted octanol–water partition coefficient (Wildman–Crippen LogP) is 4.84. The highest BCUT2D eigenvalue weighted by Gasteiger charge is 2.30. The van der Waals surface area contributed by atoms with Crippen molar-refractivity contribution in [1.29, 1.82) is 0 Å². The Morgan fingerprint density at radius 2 is 1.83 bits per heavy atom. The Bertz CT molecular complexity index is 821. The molecule has 0 saturated carbocycles. The lowest BCUT2D eigenvalue weighted by Gasteiger charge is -2.29. The molecule has 4 nitrogen and oxygen atoms in total. The maximum absolute atomic E-state index is 12.9. The molecule has 1 atom stereocenters. The second-order valence-corrected chi connectivity index (χ2v) is 7.35. The highest BCUT2D eigenvalue weighted by atomic mass is 32.1. The molecule has 1 fully saturated rings. The van der Waals surface area contributed by atoms with Crippen molar-refractivity contribution in [1.82, 2.24) is 10.2 Å².